The molecule has 7 nitrogen and oxygen atoms in total. The van der Waals surface area contributed by atoms with Crippen molar-refractivity contribution in [3.63, 3.8) is 0 Å². The molecule has 9 heteroatoms. The summed E-state index contributed by atoms with van der Waals surface area (Å²) in [7, 11) is 0. The van der Waals surface area contributed by atoms with Crippen molar-refractivity contribution in [3.05, 3.63) is 41.6 Å². The zero-order valence-electron chi connectivity index (χ0n) is 18.8. The highest BCUT2D eigenvalue weighted by Gasteiger charge is 2.40. The van der Waals surface area contributed by atoms with Gasteiger partial charge in [0.2, 0.25) is 0 Å². The fourth-order valence-electron chi connectivity index (χ4n) is 5.14. The average Bonchev–Trinajstić information content (AvgIpc) is 3.23. The molecular formula is C24H29F2N3O4. The van der Waals surface area contributed by atoms with Gasteiger partial charge in [-0.15, -0.1) is 0 Å². The molecule has 0 unspecified atom stereocenters. The monoisotopic (exact) mass is 461 g/mol. The van der Waals surface area contributed by atoms with E-state index in [9.17, 15) is 23.5 Å². The molecule has 2 heterocycles. The molecule has 2 aliphatic rings. The van der Waals surface area contributed by atoms with Crippen molar-refractivity contribution in [2.24, 2.45) is 11.3 Å². The average molecular weight is 462 g/mol. The van der Waals surface area contributed by atoms with Crippen LogP contribution in [0.5, 0.6) is 0 Å². The van der Waals surface area contributed by atoms with E-state index in [0.29, 0.717) is 25.6 Å². The Morgan fingerprint density at radius 3 is 2.73 bits per heavy atom. The van der Waals surface area contributed by atoms with Crippen molar-refractivity contribution >= 4 is 11.9 Å². The topological polar surface area (TPSA) is 95.7 Å². The number of carboxylic acid groups (broad SMARTS) is 1. The van der Waals surface area contributed by atoms with Gasteiger partial charge in [0.25, 0.3) is 5.91 Å². The molecule has 33 heavy (non-hydrogen) atoms. The van der Waals surface area contributed by atoms with Crippen LogP contribution in [0.15, 0.2) is 28.8 Å². The second kappa shape index (κ2) is 9.21. The van der Waals surface area contributed by atoms with Gasteiger partial charge in [0.05, 0.1) is 11.5 Å². The van der Waals surface area contributed by atoms with Crippen molar-refractivity contribution in [2.45, 2.75) is 58.0 Å². The Morgan fingerprint density at radius 1 is 1.24 bits per heavy atom. The van der Waals surface area contributed by atoms with E-state index < -0.39 is 35.5 Å². The predicted octanol–water partition coefficient (Wildman–Crippen LogP) is 4.09. The van der Waals surface area contributed by atoms with Gasteiger partial charge in [-0.05, 0) is 43.2 Å². The Hall–Kier alpha value is -2.81. The lowest BCUT2D eigenvalue weighted by atomic mass is 9.74. The number of aromatic nitrogens is 1. The molecule has 2 aromatic rings. The summed E-state index contributed by atoms with van der Waals surface area (Å²) in [5, 5.41) is 16.3. The first-order chi connectivity index (χ1) is 15.6. The molecule has 0 spiro atoms. The molecule has 0 radical (unpaired) electrons. The molecule has 1 aromatic carbocycles. The number of nitrogens with zero attached hydrogens (tertiary/aromatic N) is 2. The maximum Gasteiger partial charge on any atom is 0.309 e. The van der Waals surface area contributed by atoms with Crippen LogP contribution in [-0.4, -0.2) is 52.2 Å². The Kier molecular flexibility index (Phi) is 6.52. The van der Waals surface area contributed by atoms with E-state index in [2.05, 4.69) is 29.2 Å². The maximum absolute atomic E-state index is 14.0. The van der Waals surface area contributed by atoms with Gasteiger partial charge < -0.3 is 14.9 Å². The van der Waals surface area contributed by atoms with E-state index in [1.165, 1.54) is 18.6 Å². The summed E-state index contributed by atoms with van der Waals surface area (Å²) in [5.41, 5.74) is 0.144. The number of rotatable bonds is 5. The molecule has 178 valence electrons. The zero-order chi connectivity index (χ0) is 23.8. The number of aliphatic carboxylic acids is 1. The van der Waals surface area contributed by atoms with E-state index in [4.69, 9.17) is 4.52 Å². The minimum Gasteiger partial charge on any atom is -0.481 e. The molecule has 1 amide bonds. The molecule has 3 atom stereocenters. The molecule has 1 aliphatic carbocycles. The predicted molar refractivity (Wildman–Crippen MR) is 116 cm³/mol. The standard InChI is InChI=1S/C24H29F2N3O4/c1-24(2)8-3-4-15(12-24)29-9-7-19(17(13-29)23(31)32)27-22(30)20-11-21(33-28-20)16-6-5-14(25)10-18(16)26/h5-6,10-11,15,17,19H,3-4,7-9,12-13H2,1-2H3,(H,27,30)(H,31,32)/t15-,17-,19-/m0/s1. The van der Waals surface area contributed by atoms with E-state index in [0.717, 1.165) is 31.4 Å². The fourth-order valence-corrected chi connectivity index (χ4v) is 5.14. The number of nitrogens with one attached hydrogen (secondary N) is 1. The number of likely N-dealkylation sites (tertiary alicyclic amines) is 1. The summed E-state index contributed by atoms with van der Waals surface area (Å²) in [6.07, 6.45) is 4.93. The van der Waals surface area contributed by atoms with Gasteiger partial charge >= 0.3 is 5.97 Å². The normalized spacial score (nSPS) is 25.5. The van der Waals surface area contributed by atoms with Crippen LogP contribution in [0.4, 0.5) is 8.78 Å². The summed E-state index contributed by atoms with van der Waals surface area (Å²) in [5.74, 6) is -3.85. The quantitative estimate of drug-likeness (QED) is 0.696. The largest absolute Gasteiger partial charge is 0.481 e. The number of hydrogen-bond acceptors (Lipinski definition) is 5. The summed E-state index contributed by atoms with van der Waals surface area (Å²) < 4.78 is 32.2. The van der Waals surface area contributed by atoms with Gasteiger partial charge in [-0.25, -0.2) is 8.78 Å². The van der Waals surface area contributed by atoms with Crippen molar-refractivity contribution in [1.82, 2.24) is 15.4 Å². The van der Waals surface area contributed by atoms with E-state index in [-0.39, 0.29) is 22.4 Å². The first-order valence-corrected chi connectivity index (χ1v) is 11.3. The van der Waals surface area contributed by atoms with Crippen LogP contribution >= 0.6 is 0 Å². The molecule has 1 saturated heterocycles. The Bertz CT molecular complexity index is 1040. The second-order valence-electron chi connectivity index (χ2n) is 9.92. The first kappa shape index (κ1) is 23.4. The fraction of sp³-hybridized carbons (Fsp3) is 0.542. The third-order valence-electron chi connectivity index (χ3n) is 6.91. The highest BCUT2D eigenvalue weighted by atomic mass is 19.1. The number of halogens is 2. The molecule has 2 N–H and O–H groups in total. The third kappa shape index (κ3) is 5.24. The second-order valence-corrected chi connectivity index (χ2v) is 9.92. The summed E-state index contributed by atoms with van der Waals surface area (Å²) in [6.45, 7) is 5.60. The lowest BCUT2D eigenvalue weighted by Gasteiger charge is -2.45. The molecule has 1 saturated carbocycles. The van der Waals surface area contributed by atoms with E-state index in [1.54, 1.807) is 0 Å². The summed E-state index contributed by atoms with van der Waals surface area (Å²) >= 11 is 0. The van der Waals surface area contributed by atoms with Crippen LogP contribution in [0, 0.1) is 23.0 Å². The number of carbonyl (C=O) groups is 2. The van der Waals surface area contributed by atoms with Gasteiger partial charge in [0.15, 0.2) is 11.5 Å². The van der Waals surface area contributed by atoms with E-state index >= 15 is 0 Å². The molecular weight excluding hydrogens is 432 g/mol. The van der Waals surface area contributed by atoms with Crippen molar-refractivity contribution < 1.29 is 28.0 Å². The van der Waals surface area contributed by atoms with Crippen LogP contribution in [0.1, 0.15) is 56.4 Å². The number of amides is 1. The number of benzene rings is 1. The lowest BCUT2D eigenvalue weighted by molar-refractivity contribution is -0.145. The smallest absolute Gasteiger partial charge is 0.309 e. The lowest BCUT2D eigenvalue weighted by Crippen LogP contribution is -2.56. The summed E-state index contributed by atoms with van der Waals surface area (Å²) in [6, 6.07) is 4.08. The van der Waals surface area contributed by atoms with E-state index in [1.807, 2.05) is 0 Å². The van der Waals surface area contributed by atoms with Gasteiger partial charge in [0.1, 0.15) is 11.6 Å². The van der Waals surface area contributed by atoms with Crippen LogP contribution in [-0.2, 0) is 4.79 Å². The molecule has 0 bridgehead atoms. The Labute approximate surface area is 191 Å². The molecule has 4 rings (SSSR count). The highest BCUT2D eigenvalue weighted by molar-refractivity contribution is 5.93. The van der Waals surface area contributed by atoms with Crippen LogP contribution in [0.25, 0.3) is 11.3 Å². The van der Waals surface area contributed by atoms with Gasteiger partial charge in [-0.3, -0.25) is 14.5 Å². The third-order valence-corrected chi connectivity index (χ3v) is 6.91. The number of carbonyl (C=O) groups excluding carboxylic acids is 1. The van der Waals surface area contributed by atoms with Crippen LogP contribution in [0.3, 0.4) is 0 Å². The molecule has 2 fully saturated rings. The Morgan fingerprint density at radius 2 is 2.03 bits per heavy atom. The van der Waals surface area contributed by atoms with Crippen molar-refractivity contribution in [1.29, 1.82) is 0 Å². The number of piperidine rings is 1. The highest BCUT2D eigenvalue weighted by Crippen LogP contribution is 2.38. The molecule has 1 aliphatic heterocycles. The van der Waals surface area contributed by atoms with Crippen molar-refractivity contribution in [3.8, 4) is 11.3 Å². The first-order valence-electron chi connectivity index (χ1n) is 11.3. The maximum atomic E-state index is 14.0. The number of hydrogen-bond donors (Lipinski definition) is 2. The zero-order valence-corrected chi connectivity index (χ0v) is 18.8. The number of carboxylic acids is 1. The Balaban J connectivity index is 1.43. The minimum absolute atomic E-state index is 0.0119. The van der Waals surface area contributed by atoms with Gasteiger partial charge in [-0.2, -0.15) is 0 Å². The SMILES string of the molecule is CC1(C)CCC[C@H](N2CC[C@H](NC(=O)c3cc(-c4ccc(F)cc4F)on3)[C@@H](C(=O)O)C2)C1. The van der Waals surface area contributed by atoms with Crippen molar-refractivity contribution in [2.75, 3.05) is 13.1 Å². The van der Waals surface area contributed by atoms with Crippen LogP contribution in [0.2, 0.25) is 0 Å². The van der Waals surface area contributed by atoms with Gasteiger partial charge in [0, 0.05) is 37.3 Å². The molecule has 1 aromatic heterocycles. The van der Waals surface area contributed by atoms with Crippen LogP contribution < -0.4 is 5.32 Å². The summed E-state index contributed by atoms with van der Waals surface area (Å²) in [4.78, 5) is 27.0. The minimum atomic E-state index is -0.950. The van der Waals surface area contributed by atoms with Gasteiger partial charge in [-0.1, -0.05) is 25.4 Å².